The van der Waals surface area contributed by atoms with Gasteiger partial charge in [0.15, 0.2) is 0 Å². The molecule has 1 fully saturated rings. The Morgan fingerprint density at radius 1 is 1.10 bits per heavy atom. The first-order valence-electron chi connectivity index (χ1n) is 10.8. The van der Waals surface area contributed by atoms with Crippen LogP contribution in [0.5, 0.6) is 5.75 Å². The molecule has 1 amide bonds. The first-order chi connectivity index (χ1) is 14.8. The number of rotatable bonds is 8. The van der Waals surface area contributed by atoms with Gasteiger partial charge in [0.2, 0.25) is 15.9 Å². The quantitative estimate of drug-likeness (QED) is 0.672. The van der Waals surface area contributed by atoms with Crippen molar-refractivity contribution in [2.45, 2.75) is 45.4 Å². The second-order valence-electron chi connectivity index (χ2n) is 8.15. The summed E-state index contributed by atoms with van der Waals surface area (Å²) in [6, 6.07) is 15.2. The Kier molecular flexibility index (Phi) is 7.73. The molecule has 7 heteroatoms. The smallest absolute Gasteiger partial charge is 0.223 e. The molecule has 1 saturated heterocycles. The third kappa shape index (κ3) is 6.31. The van der Waals surface area contributed by atoms with E-state index in [4.69, 9.17) is 4.74 Å². The summed E-state index contributed by atoms with van der Waals surface area (Å²) in [4.78, 5) is 12.7. The molecule has 1 atom stereocenters. The van der Waals surface area contributed by atoms with Crippen molar-refractivity contribution in [2.24, 2.45) is 5.92 Å². The molecule has 0 aliphatic carbocycles. The molecule has 0 radical (unpaired) electrons. The highest BCUT2D eigenvalue weighted by Gasteiger charge is 2.31. The lowest BCUT2D eigenvalue weighted by molar-refractivity contribution is -0.126. The summed E-state index contributed by atoms with van der Waals surface area (Å²) in [6.45, 7) is 7.24. The number of nitrogens with one attached hydrogen (secondary N) is 1. The molecule has 31 heavy (non-hydrogen) atoms. The van der Waals surface area contributed by atoms with Crippen LogP contribution in [0.2, 0.25) is 0 Å². The topological polar surface area (TPSA) is 75.7 Å². The number of benzene rings is 2. The van der Waals surface area contributed by atoms with Crippen LogP contribution in [0.4, 0.5) is 0 Å². The highest BCUT2D eigenvalue weighted by Crippen LogP contribution is 2.24. The van der Waals surface area contributed by atoms with Crippen molar-refractivity contribution in [3.8, 4) is 5.75 Å². The summed E-state index contributed by atoms with van der Waals surface area (Å²) < 4.78 is 32.5. The van der Waals surface area contributed by atoms with Crippen molar-refractivity contribution in [3.05, 3.63) is 65.2 Å². The fourth-order valence-electron chi connectivity index (χ4n) is 3.82. The predicted octanol–water partition coefficient (Wildman–Crippen LogP) is 3.81. The average molecular weight is 445 g/mol. The first-order valence-corrected chi connectivity index (χ1v) is 12.5. The highest BCUT2D eigenvalue weighted by molar-refractivity contribution is 7.88. The molecule has 2 aromatic carbocycles. The SMILES string of the molecule is CCOc1ccc([C@H](C)NC(=O)C2CCN(S(=O)(=O)Cc3ccc(C)cc3)CC2)cc1. The zero-order valence-corrected chi connectivity index (χ0v) is 19.3. The number of hydrogen-bond donors (Lipinski definition) is 1. The molecule has 1 heterocycles. The van der Waals surface area contributed by atoms with Crippen LogP contribution in [0, 0.1) is 12.8 Å². The van der Waals surface area contributed by atoms with Gasteiger partial charge in [-0.2, -0.15) is 0 Å². The summed E-state index contributed by atoms with van der Waals surface area (Å²) in [5, 5.41) is 3.07. The minimum atomic E-state index is -3.38. The van der Waals surface area contributed by atoms with Gasteiger partial charge in [0.05, 0.1) is 18.4 Å². The van der Waals surface area contributed by atoms with E-state index in [1.807, 2.05) is 69.3 Å². The van der Waals surface area contributed by atoms with E-state index < -0.39 is 10.0 Å². The Morgan fingerprint density at radius 2 is 1.71 bits per heavy atom. The number of amides is 1. The van der Waals surface area contributed by atoms with Crippen LogP contribution in [-0.2, 0) is 20.6 Å². The monoisotopic (exact) mass is 444 g/mol. The molecule has 3 rings (SSSR count). The molecule has 0 unspecified atom stereocenters. The molecule has 168 valence electrons. The third-order valence-corrected chi connectivity index (χ3v) is 7.59. The molecule has 0 spiro atoms. The van der Waals surface area contributed by atoms with Crippen molar-refractivity contribution < 1.29 is 17.9 Å². The minimum absolute atomic E-state index is 0.00107. The van der Waals surface area contributed by atoms with E-state index in [0.717, 1.165) is 22.4 Å². The molecule has 0 bridgehead atoms. The number of nitrogens with zero attached hydrogens (tertiary/aromatic N) is 1. The normalized spacial score (nSPS) is 16.6. The Labute approximate surface area is 185 Å². The Hall–Kier alpha value is -2.38. The van der Waals surface area contributed by atoms with E-state index >= 15 is 0 Å². The number of carbonyl (C=O) groups is 1. The van der Waals surface area contributed by atoms with Crippen LogP contribution in [0.3, 0.4) is 0 Å². The van der Waals surface area contributed by atoms with E-state index in [1.54, 1.807) is 0 Å². The van der Waals surface area contributed by atoms with Crippen LogP contribution in [0.1, 0.15) is 49.4 Å². The summed E-state index contributed by atoms with van der Waals surface area (Å²) in [6.07, 6.45) is 1.07. The molecule has 1 aliphatic rings. The maximum atomic E-state index is 12.8. The van der Waals surface area contributed by atoms with Crippen LogP contribution in [0.15, 0.2) is 48.5 Å². The standard InChI is InChI=1S/C24H32N2O4S/c1-4-30-23-11-9-21(10-12-23)19(3)25-24(27)22-13-15-26(16-14-22)31(28,29)17-20-7-5-18(2)6-8-20/h5-12,19,22H,4,13-17H2,1-3H3,(H,25,27)/t19-/m0/s1. The Bertz CT molecular complexity index is 964. The lowest BCUT2D eigenvalue weighted by Crippen LogP contribution is -2.43. The molecular weight excluding hydrogens is 412 g/mol. The molecule has 1 N–H and O–H groups in total. The van der Waals surface area contributed by atoms with Gasteiger partial charge in [0.1, 0.15) is 5.75 Å². The lowest BCUT2D eigenvalue weighted by Gasteiger charge is -2.31. The molecule has 2 aromatic rings. The second-order valence-corrected chi connectivity index (χ2v) is 10.1. The summed E-state index contributed by atoms with van der Waals surface area (Å²) in [5.41, 5.74) is 2.90. The van der Waals surface area contributed by atoms with Gasteiger partial charge >= 0.3 is 0 Å². The maximum Gasteiger partial charge on any atom is 0.223 e. The van der Waals surface area contributed by atoms with Gasteiger partial charge in [-0.05, 0) is 56.9 Å². The third-order valence-electron chi connectivity index (χ3n) is 5.74. The Morgan fingerprint density at radius 3 is 2.29 bits per heavy atom. The molecule has 0 aromatic heterocycles. The van der Waals surface area contributed by atoms with Crippen LogP contribution < -0.4 is 10.1 Å². The van der Waals surface area contributed by atoms with Crippen LogP contribution in [0.25, 0.3) is 0 Å². The lowest BCUT2D eigenvalue weighted by atomic mass is 9.96. The minimum Gasteiger partial charge on any atom is -0.494 e. The van der Waals surface area contributed by atoms with Crippen LogP contribution in [-0.4, -0.2) is 38.3 Å². The second kappa shape index (κ2) is 10.3. The number of piperidine rings is 1. The number of hydrogen-bond acceptors (Lipinski definition) is 4. The predicted molar refractivity (Wildman–Crippen MR) is 122 cm³/mol. The van der Waals surface area contributed by atoms with Crippen molar-refractivity contribution in [3.63, 3.8) is 0 Å². The maximum absolute atomic E-state index is 12.8. The molecule has 1 aliphatic heterocycles. The fraction of sp³-hybridized carbons (Fsp3) is 0.458. The van der Waals surface area contributed by atoms with Crippen molar-refractivity contribution in [1.82, 2.24) is 9.62 Å². The summed E-state index contributed by atoms with van der Waals surface area (Å²) in [5.74, 6) is 0.621. The number of carbonyl (C=O) groups excluding carboxylic acids is 1. The molecule has 6 nitrogen and oxygen atoms in total. The average Bonchev–Trinajstić information content (AvgIpc) is 2.76. The van der Waals surface area contributed by atoms with E-state index in [1.165, 1.54) is 4.31 Å². The zero-order valence-electron chi connectivity index (χ0n) is 18.5. The fourth-order valence-corrected chi connectivity index (χ4v) is 5.38. The van der Waals surface area contributed by atoms with Gasteiger partial charge in [-0.3, -0.25) is 4.79 Å². The highest BCUT2D eigenvalue weighted by atomic mass is 32.2. The van der Waals surface area contributed by atoms with Gasteiger partial charge in [-0.25, -0.2) is 12.7 Å². The van der Waals surface area contributed by atoms with Gasteiger partial charge in [-0.1, -0.05) is 42.0 Å². The van der Waals surface area contributed by atoms with E-state index in [-0.39, 0.29) is 23.6 Å². The number of ether oxygens (including phenoxy) is 1. The summed E-state index contributed by atoms with van der Waals surface area (Å²) in [7, 11) is -3.38. The summed E-state index contributed by atoms with van der Waals surface area (Å²) >= 11 is 0. The van der Waals surface area contributed by atoms with Gasteiger partial charge in [0, 0.05) is 19.0 Å². The Balaban J connectivity index is 1.51. The van der Waals surface area contributed by atoms with Gasteiger partial charge in [-0.15, -0.1) is 0 Å². The zero-order chi connectivity index (χ0) is 22.4. The van der Waals surface area contributed by atoms with E-state index in [9.17, 15) is 13.2 Å². The van der Waals surface area contributed by atoms with E-state index in [2.05, 4.69) is 5.32 Å². The van der Waals surface area contributed by atoms with Gasteiger partial charge < -0.3 is 10.1 Å². The first kappa shape index (κ1) is 23.3. The molecule has 0 saturated carbocycles. The van der Waals surface area contributed by atoms with Crippen molar-refractivity contribution in [1.29, 1.82) is 0 Å². The van der Waals surface area contributed by atoms with Crippen molar-refractivity contribution >= 4 is 15.9 Å². The largest absolute Gasteiger partial charge is 0.494 e. The van der Waals surface area contributed by atoms with Crippen LogP contribution >= 0.6 is 0 Å². The van der Waals surface area contributed by atoms with E-state index in [0.29, 0.717) is 32.5 Å². The number of sulfonamides is 1. The number of aryl methyl sites for hydroxylation is 1. The molecular formula is C24H32N2O4S. The van der Waals surface area contributed by atoms with Crippen molar-refractivity contribution in [2.75, 3.05) is 19.7 Å². The van der Waals surface area contributed by atoms with Gasteiger partial charge in [0.25, 0.3) is 0 Å².